The van der Waals surface area contributed by atoms with E-state index in [0.29, 0.717) is 16.3 Å². The van der Waals surface area contributed by atoms with Crippen LogP contribution in [0.4, 0.5) is 5.69 Å². The van der Waals surface area contributed by atoms with Crippen LogP contribution in [0.3, 0.4) is 0 Å². The van der Waals surface area contributed by atoms with Gasteiger partial charge >= 0.3 is 5.97 Å². The number of hydrogen-bond donors (Lipinski definition) is 1. The number of carboxylic acids is 1. The summed E-state index contributed by atoms with van der Waals surface area (Å²) in [5, 5.41) is 9.75. The molecule has 1 aromatic carbocycles. The van der Waals surface area contributed by atoms with Crippen molar-refractivity contribution in [2.75, 3.05) is 11.4 Å². The van der Waals surface area contributed by atoms with Gasteiger partial charge in [0.15, 0.2) is 0 Å². The Bertz CT molecular complexity index is 406. The summed E-state index contributed by atoms with van der Waals surface area (Å²) in [5.41, 5.74) is 0.999. The first-order chi connectivity index (χ1) is 8.01. The largest absolute Gasteiger partial charge is 0.478 e. The molecule has 0 aliphatic carbocycles. The Labute approximate surface area is 107 Å². The van der Waals surface area contributed by atoms with Crippen LogP contribution in [0.1, 0.15) is 37.6 Å². The Morgan fingerprint density at radius 3 is 2.59 bits per heavy atom. The molecule has 0 aliphatic rings. The Kier molecular flexibility index (Phi) is 4.82. The number of nitrogens with zero attached hydrogens (tertiary/aromatic N) is 1. The van der Waals surface area contributed by atoms with Crippen molar-refractivity contribution < 1.29 is 9.90 Å². The third-order valence-electron chi connectivity index (χ3n) is 2.96. The van der Waals surface area contributed by atoms with Crippen molar-refractivity contribution in [3.63, 3.8) is 0 Å². The number of aromatic carboxylic acids is 1. The van der Waals surface area contributed by atoms with Gasteiger partial charge in [0.1, 0.15) is 0 Å². The predicted octanol–water partition coefficient (Wildman–Crippen LogP) is 3.66. The van der Waals surface area contributed by atoms with Crippen molar-refractivity contribution in [2.24, 2.45) is 0 Å². The van der Waals surface area contributed by atoms with E-state index in [1.807, 2.05) is 6.92 Å². The second kappa shape index (κ2) is 5.92. The van der Waals surface area contributed by atoms with Crippen LogP contribution < -0.4 is 4.90 Å². The molecule has 0 heterocycles. The molecule has 1 rings (SSSR count). The molecular formula is C13H18ClNO2. The van der Waals surface area contributed by atoms with Gasteiger partial charge in [-0.25, -0.2) is 4.79 Å². The van der Waals surface area contributed by atoms with E-state index < -0.39 is 5.97 Å². The lowest BCUT2D eigenvalue weighted by Gasteiger charge is -2.30. The molecule has 4 heteroatoms. The number of anilines is 1. The van der Waals surface area contributed by atoms with E-state index in [9.17, 15) is 9.90 Å². The highest BCUT2D eigenvalue weighted by atomic mass is 35.5. The van der Waals surface area contributed by atoms with Gasteiger partial charge < -0.3 is 10.0 Å². The van der Waals surface area contributed by atoms with E-state index in [2.05, 4.69) is 18.7 Å². The summed E-state index contributed by atoms with van der Waals surface area (Å²) in [4.78, 5) is 13.3. The Morgan fingerprint density at radius 1 is 1.47 bits per heavy atom. The van der Waals surface area contributed by atoms with Crippen molar-refractivity contribution in [1.29, 1.82) is 0 Å². The molecule has 0 aliphatic heterocycles. The van der Waals surface area contributed by atoms with Gasteiger partial charge in [0.05, 0.1) is 11.3 Å². The number of hydrogen-bond acceptors (Lipinski definition) is 2. The quantitative estimate of drug-likeness (QED) is 0.873. The normalized spacial score (nSPS) is 12.2. The van der Waals surface area contributed by atoms with E-state index in [1.54, 1.807) is 18.2 Å². The second-order valence-electron chi connectivity index (χ2n) is 4.01. The van der Waals surface area contributed by atoms with E-state index in [1.165, 1.54) is 0 Å². The molecule has 0 fully saturated rings. The number of benzene rings is 1. The maximum atomic E-state index is 11.2. The Morgan fingerprint density at radius 2 is 2.12 bits per heavy atom. The predicted molar refractivity (Wildman–Crippen MR) is 71.2 cm³/mol. The van der Waals surface area contributed by atoms with Crippen LogP contribution in [0, 0.1) is 0 Å². The molecule has 1 unspecified atom stereocenters. The van der Waals surface area contributed by atoms with Gasteiger partial charge in [-0.1, -0.05) is 18.5 Å². The molecule has 3 nitrogen and oxygen atoms in total. The summed E-state index contributed by atoms with van der Waals surface area (Å²) in [6.45, 7) is 6.93. The summed E-state index contributed by atoms with van der Waals surface area (Å²) in [7, 11) is 0. The smallest absolute Gasteiger partial charge is 0.337 e. The third kappa shape index (κ3) is 3.13. The molecular weight excluding hydrogens is 238 g/mol. The molecule has 0 amide bonds. The zero-order chi connectivity index (χ0) is 13.0. The first-order valence-corrected chi connectivity index (χ1v) is 6.18. The molecule has 0 saturated heterocycles. The summed E-state index contributed by atoms with van der Waals surface area (Å²) in [5.74, 6) is -0.918. The van der Waals surface area contributed by atoms with Crippen LogP contribution in [0.2, 0.25) is 5.02 Å². The lowest BCUT2D eigenvalue weighted by Crippen LogP contribution is -2.33. The van der Waals surface area contributed by atoms with Gasteiger partial charge in [0, 0.05) is 17.6 Å². The van der Waals surface area contributed by atoms with Gasteiger partial charge in [-0.3, -0.25) is 0 Å². The van der Waals surface area contributed by atoms with E-state index in [4.69, 9.17) is 11.6 Å². The second-order valence-corrected chi connectivity index (χ2v) is 4.45. The SMILES string of the molecule is CCC(C)N(CC)c1cc(Cl)ccc1C(=O)O. The average Bonchev–Trinajstić information content (AvgIpc) is 2.29. The first-order valence-electron chi connectivity index (χ1n) is 5.80. The minimum absolute atomic E-state index is 0.288. The van der Waals surface area contributed by atoms with E-state index >= 15 is 0 Å². The molecule has 17 heavy (non-hydrogen) atoms. The zero-order valence-electron chi connectivity index (χ0n) is 10.4. The molecule has 0 saturated carbocycles. The number of rotatable bonds is 5. The van der Waals surface area contributed by atoms with Crippen LogP contribution in [0.15, 0.2) is 18.2 Å². The topological polar surface area (TPSA) is 40.5 Å². The minimum Gasteiger partial charge on any atom is -0.478 e. The van der Waals surface area contributed by atoms with Gasteiger partial charge in [-0.05, 0) is 38.5 Å². The number of carbonyl (C=O) groups is 1. The lowest BCUT2D eigenvalue weighted by molar-refractivity contribution is 0.0697. The molecule has 0 bridgehead atoms. The molecule has 0 spiro atoms. The molecule has 1 atom stereocenters. The highest BCUT2D eigenvalue weighted by Crippen LogP contribution is 2.27. The van der Waals surface area contributed by atoms with Gasteiger partial charge in [-0.15, -0.1) is 0 Å². The van der Waals surface area contributed by atoms with Crippen LogP contribution in [-0.2, 0) is 0 Å². The molecule has 0 aromatic heterocycles. The Balaban J connectivity index is 3.25. The number of halogens is 1. The Hall–Kier alpha value is -1.22. The maximum absolute atomic E-state index is 11.2. The maximum Gasteiger partial charge on any atom is 0.337 e. The zero-order valence-corrected chi connectivity index (χ0v) is 11.2. The summed E-state index contributed by atoms with van der Waals surface area (Å²) < 4.78 is 0. The highest BCUT2D eigenvalue weighted by Gasteiger charge is 2.18. The van der Waals surface area contributed by atoms with Crippen molar-refractivity contribution in [3.8, 4) is 0 Å². The van der Waals surface area contributed by atoms with E-state index in [0.717, 1.165) is 13.0 Å². The fraction of sp³-hybridized carbons (Fsp3) is 0.462. The number of carboxylic acid groups (broad SMARTS) is 1. The first kappa shape index (κ1) is 13.8. The van der Waals surface area contributed by atoms with E-state index in [-0.39, 0.29) is 6.04 Å². The van der Waals surface area contributed by atoms with Gasteiger partial charge in [-0.2, -0.15) is 0 Å². The van der Waals surface area contributed by atoms with Crippen LogP contribution in [0.25, 0.3) is 0 Å². The van der Waals surface area contributed by atoms with Crippen molar-refractivity contribution in [2.45, 2.75) is 33.2 Å². The lowest BCUT2D eigenvalue weighted by atomic mass is 10.1. The monoisotopic (exact) mass is 255 g/mol. The minimum atomic E-state index is -0.918. The van der Waals surface area contributed by atoms with Crippen molar-refractivity contribution in [3.05, 3.63) is 28.8 Å². The van der Waals surface area contributed by atoms with Crippen molar-refractivity contribution >= 4 is 23.3 Å². The van der Waals surface area contributed by atoms with Gasteiger partial charge in [0.2, 0.25) is 0 Å². The van der Waals surface area contributed by atoms with Gasteiger partial charge in [0.25, 0.3) is 0 Å². The summed E-state index contributed by atoms with van der Waals surface area (Å²) in [6, 6.07) is 5.18. The van der Waals surface area contributed by atoms with Crippen LogP contribution >= 0.6 is 11.6 Å². The van der Waals surface area contributed by atoms with Crippen LogP contribution in [0.5, 0.6) is 0 Å². The average molecular weight is 256 g/mol. The molecule has 1 N–H and O–H groups in total. The highest BCUT2D eigenvalue weighted by molar-refractivity contribution is 6.31. The molecule has 94 valence electrons. The van der Waals surface area contributed by atoms with Crippen LogP contribution in [-0.4, -0.2) is 23.7 Å². The summed E-state index contributed by atoms with van der Waals surface area (Å²) in [6.07, 6.45) is 0.958. The van der Waals surface area contributed by atoms with Crippen molar-refractivity contribution in [1.82, 2.24) is 0 Å². The molecule has 0 radical (unpaired) electrons. The fourth-order valence-corrected chi connectivity index (χ4v) is 2.03. The standard InChI is InChI=1S/C13H18ClNO2/c1-4-9(3)15(5-2)12-8-10(14)6-7-11(12)13(16)17/h6-9H,4-5H2,1-3H3,(H,16,17). The fourth-order valence-electron chi connectivity index (χ4n) is 1.86. The summed E-state index contributed by atoms with van der Waals surface area (Å²) >= 11 is 5.95. The third-order valence-corrected chi connectivity index (χ3v) is 3.20. The molecule has 1 aromatic rings.